The molecule has 0 atom stereocenters. The first-order valence-electron chi connectivity index (χ1n) is 6.95. The van der Waals surface area contributed by atoms with Crippen LogP contribution in [0, 0.1) is 0 Å². The quantitative estimate of drug-likeness (QED) is 0.672. The van der Waals surface area contributed by atoms with Gasteiger partial charge in [0.15, 0.2) is 5.16 Å². The monoisotopic (exact) mass is 312 g/mol. The van der Waals surface area contributed by atoms with Crippen LogP contribution in [-0.2, 0) is 11.2 Å². The molecule has 0 N–H and O–H groups in total. The van der Waals surface area contributed by atoms with E-state index in [1.165, 1.54) is 0 Å². The van der Waals surface area contributed by atoms with Crippen LogP contribution in [0.3, 0.4) is 0 Å². The highest BCUT2D eigenvalue weighted by atomic mass is 32.2. The average molecular weight is 312 g/mol. The normalized spacial score (nSPS) is 11.0. The smallest absolute Gasteiger partial charge is 0.196 e. The molecular weight excluding hydrogens is 298 g/mol. The average Bonchev–Trinajstić information content (AvgIpc) is 2.95. The Balaban J connectivity index is 2.16. The molecule has 0 saturated carbocycles. The highest BCUT2D eigenvalue weighted by Crippen LogP contribution is 2.27. The molecule has 0 radical (unpaired) electrons. The van der Waals surface area contributed by atoms with Gasteiger partial charge in [0.1, 0.15) is 5.82 Å². The number of nitrogens with zero attached hydrogens (tertiary/aromatic N) is 3. The number of fused-ring (bicyclic) bond motifs is 1. The maximum atomic E-state index is 10.7. The van der Waals surface area contributed by atoms with Gasteiger partial charge in [0.25, 0.3) is 0 Å². The molecular formula is C16H14N3O2S-. The Morgan fingerprint density at radius 2 is 1.95 bits per heavy atom. The number of hydrogen-bond acceptors (Lipinski definition) is 5. The van der Waals surface area contributed by atoms with Gasteiger partial charge < -0.3 is 9.90 Å². The zero-order valence-electron chi connectivity index (χ0n) is 12.0. The SMILES string of the molecule is CCc1nnc(SCC(=O)[O-])n1-c1cccc2ccccc12. The Morgan fingerprint density at radius 1 is 1.18 bits per heavy atom. The van der Waals surface area contributed by atoms with Gasteiger partial charge in [0.05, 0.1) is 11.7 Å². The molecule has 0 unspecified atom stereocenters. The zero-order valence-corrected chi connectivity index (χ0v) is 12.8. The Kier molecular flexibility index (Phi) is 4.11. The van der Waals surface area contributed by atoms with Crippen LogP contribution in [-0.4, -0.2) is 26.5 Å². The minimum absolute atomic E-state index is 0.146. The van der Waals surface area contributed by atoms with Crippen molar-refractivity contribution in [2.24, 2.45) is 0 Å². The number of carbonyl (C=O) groups excluding carboxylic acids is 1. The molecule has 2 aromatic carbocycles. The summed E-state index contributed by atoms with van der Waals surface area (Å²) in [6.07, 6.45) is 0.710. The molecule has 112 valence electrons. The second-order valence-corrected chi connectivity index (χ2v) is 5.69. The number of aryl methyl sites for hydroxylation is 1. The van der Waals surface area contributed by atoms with Gasteiger partial charge in [-0.25, -0.2) is 0 Å². The van der Waals surface area contributed by atoms with E-state index >= 15 is 0 Å². The fourth-order valence-electron chi connectivity index (χ4n) is 2.39. The number of aromatic nitrogens is 3. The van der Waals surface area contributed by atoms with E-state index in [1.807, 2.05) is 54.0 Å². The van der Waals surface area contributed by atoms with Crippen molar-refractivity contribution < 1.29 is 9.90 Å². The first-order valence-corrected chi connectivity index (χ1v) is 7.94. The molecule has 1 heterocycles. The van der Waals surface area contributed by atoms with E-state index in [9.17, 15) is 9.90 Å². The second kappa shape index (κ2) is 6.19. The predicted molar refractivity (Wildman–Crippen MR) is 84.0 cm³/mol. The second-order valence-electron chi connectivity index (χ2n) is 4.75. The third kappa shape index (κ3) is 2.69. The van der Waals surface area contributed by atoms with Crippen LogP contribution < -0.4 is 5.11 Å². The van der Waals surface area contributed by atoms with Crippen LogP contribution in [0.5, 0.6) is 0 Å². The van der Waals surface area contributed by atoms with Crippen LogP contribution in [0.25, 0.3) is 16.5 Å². The molecule has 22 heavy (non-hydrogen) atoms. The van der Waals surface area contributed by atoms with Crippen LogP contribution >= 0.6 is 11.8 Å². The van der Waals surface area contributed by atoms with E-state index in [-0.39, 0.29) is 5.75 Å². The Morgan fingerprint density at radius 3 is 2.73 bits per heavy atom. The van der Waals surface area contributed by atoms with Crippen molar-refractivity contribution >= 4 is 28.5 Å². The number of rotatable bonds is 5. The summed E-state index contributed by atoms with van der Waals surface area (Å²) in [6.45, 7) is 2.00. The number of benzene rings is 2. The van der Waals surface area contributed by atoms with Crippen molar-refractivity contribution in [1.29, 1.82) is 0 Å². The van der Waals surface area contributed by atoms with Crippen molar-refractivity contribution in [3.63, 3.8) is 0 Å². The van der Waals surface area contributed by atoms with Crippen molar-refractivity contribution in [1.82, 2.24) is 14.8 Å². The molecule has 5 nitrogen and oxygen atoms in total. The van der Waals surface area contributed by atoms with Gasteiger partial charge in [0, 0.05) is 17.6 Å². The van der Waals surface area contributed by atoms with E-state index in [1.54, 1.807) is 0 Å². The van der Waals surface area contributed by atoms with E-state index in [0.29, 0.717) is 11.6 Å². The van der Waals surface area contributed by atoms with Gasteiger partial charge in [-0.1, -0.05) is 55.1 Å². The van der Waals surface area contributed by atoms with Crippen LogP contribution in [0.15, 0.2) is 47.6 Å². The fraction of sp³-hybridized carbons (Fsp3) is 0.188. The van der Waals surface area contributed by atoms with E-state index in [2.05, 4.69) is 10.2 Å². The first-order chi connectivity index (χ1) is 10.7. The van der Waals surface area contributed by atoms with Crippen molar-refractivity contribution in [2.45, 2.75) is 18.5 Å². The molecule has 3 rings (SSSR count). The summed E-state index contributed by atoms with van der Waals surface area (Å²) in [5, 5.41) is 21.8. The predicted octanol–water partition coefficient (Wildman–Crippen LogP) is 1.82. The molecule has 3 aromatic rings. The maximum Gasteiger partial charge on any atom is 0.196 e. The number of thioether (sulfide) groups is 1. The van der Waals surface area contributed by atoms with Gasteiger partial charge in [0.2, 0.25) is 0 Å². The van der Waals surface area contributed by atoms with E-state index < -0.39 is 5.97 Å². The van der Waals surface area contributed by atoms with Crippen molar-refractivity contribution in [2.75, 3.05) is 5.75 Å². The summed E-state index contributed by atoms with van der Waals surface area (Å²) in [5.41, 5.74) is 0.959. The lowest BCUT2D eigenvalue weighted by molar-refractivity contribution is -0.301. The van der Waals surface area contributed by atoms with Gasteiger partial charge >= 0.3 is 0 Å². The number of carbonyl (C=O) groups is 1. The van der Waals surface area contributed by atoms with Crippen LogP contribution in [0.4, 0.5) is 0 Å². The van der Waals surface area contributed by atoms with Gasteiger partial charge in [-0.2, -0.15) is 0 Å². The minimum Gasteiger partial charge on any atom is -0.549 e. The molecule has 0 bridgehead atoms. The molecule has 1 aromatic heterocycles. The molecule has 0 saturated heterocycles. The number of carboxylic acids is 1. The number of carboxylic acid groups (broad SMARTS) is 1. The highest BCUT2D eigenvalue weighted by molar-refractivity contribution is 7.99. The summed E-state index contributed by atoms with van der Waals surface area (Å²) in [5.74, 6) is -0.459. The summed E-state index contributed by atoms with van der Waals surface area (Å²) in [6, 6.07) is 14.1. The fourth-order valence-corrected chi connectivity index (χ4v) is 3.07. The third-order valence-electron chi connectivity index (χ3n) is 3.34. The molecule has 0 fully saturated rings. The lowest BCUT2D eigenvalue weighted by Gasteiger charge is -2.12. The van der Waals surface area contributed by atoms with E-state index in [4.69, 9.17) is 0 Å². The van der Waals surface area contributed by atoms with Crippen molar-refractivity contribution in [3.8, 4) is 5.69 Å². The lowest BCUT2D eigenvalue weighted by atomic mass is 10.1. The zero-order chi connectivity index (χ0) is 15.5. The maximum absolute atomic E-state index is 10.7. The summed E-state index contributed by atoms with van der Waals surface area (Å²) < 4.78 is 1.93. The summed E-state index contributed by atoms with van der Waals surface area (Å²) >= 11 is 1.12. The van der Waals surface area contributed by atoms with Gasteiger partial charge in [-0.15, -0.1) is 10.2 Å². The molecule has 0 amide bonds. The van der Waals surface area contributed by atoms with Gasteiger partial charge in [-0.3, -0.25) is 4.57 Å². The van der Waals surface area contributed by atoms with Crippen LogP contribution in [0.1, 0.15) is 12.7 Å². The largest absolute Gasteiger partial charge is 0.549 e. The summed E-state index contributed by atoms with van der Waals surface area (Å²) in [7, 11) is 0. The molecule has 0 aliphatic rings. The van der Waals surface area contributed by atoms with E-state index in [0.717, 1.165) is 34.0 Å². The standard InChI is InChI=1S/C16H15N3O2S/c1-2-14-17-18-16(22-10-15(20)21)19(14)13-9-5-7-11-6-3-4-8-12(11)13/h3-9H,2,10H2,1H3,(H,20,21)/p-1. The molecule has 0 aliphatic carbocycles. The summed E-state index contributed by atoms with van der Waals surface area (Å²) in [4.78, 5) is 10.7. The molecule has 0 aliphatic heterocycles. The molecule has 6 heteroatoms. The first kappa shape index (κ1) is 14.6. The Bertz CT molecular complexity index is 824. The molecule has 0 spiro atoms. The van der Waals surface area contributed by atoms with Crippen LogP contribution in [0.2, 0.25) is 0 Å². The Labute approximate surface area is 132 Å². The topological polar surface area (TPSA) is 70.8 Å². The Hall–Kier alpha value is -2.34. The minimum atomic E-state index is -1.12. The highest BCUT2D eigenvalue weighted by Gasteiger charge is 2.15. The lowest BCUT2D eigenvalue weighted by Crippen LogP contribution is -2.24. The number of aliphatic carboxylic acids is 1. The number of hydrogen-bond donors (Lipinski definition) is 0. The van der Waals surface area contributed by atoms with Crippen molar-refractivity contribution in [3.05, 3.63) is 48.3 Å². The van der Waals surface area contributed by atoms with Gasteiger partial charge in [-0.05, 0) is 11.5 Å². The third-order valence-corrected chi connectivity index (χ3v) is 4.25.